The van der Waals surface area contributed by atoms with Crippen molar-refractivity contribution >= 4 is 41.6 Å². The molecule has 1 fully saturated rings. The molecule has 0 aromatic heterocycles. The van der Waals surface area contributed by atoms with E-state index in [1.807, 2.05) is 0 Å². The monoisotopic (exact) mass is 398 g/mol. The van der Waals surface area contributed by atoms with Crippen LogP contribution in [0.3, 0.4) is 0 Å². The van der Waals surface area contributed by atoms with E-state index >= 15 is 0 Å². The number of methoxy groups -OCH3 is 1. The summed E-state index contributed by atoms with van der Waals surface area (Å²) in [7, 11) is 2.60. The quantitative estimate of drug-likeness (QED) is 0.571. The third-order valence-corrected chi connectivity index (χ3v) is 4.79. The maximum Gasteiger partial charge on any atom is 0.338 e. The van der Waals surface area contributed by atoms with Crippen molar-refractivity contribution in [2.75, 3.05) is 20.3 Å². The van der Waals surface area contributed by atoms with Crippen molar-refractivity contribution in [3.63, 3.8) is 0 Å². The lowest BCUT2D eigenvalue weighted by Crippen LogP contribution is -2.18. The Bertz CT molecular complexity index is 654. The van der Waals surface area contributed by atoms with Crippen molar-refractivity contribution in [2.24, 2.45) is 0 Å². The van der Waals surface area contributed by atoms with Crippen LogP contribution in [0.25, 0.3) is 0 Å². The summed E-state index contributed by atoms with van der Waals surface area (Å²) in [5, 5.41) is 0. The van der Waals surface area contributed by atoms with E-state index in [1.165, 1.54) is 13.2 Å². The molecule has 0 aliphatic carbocycles. The third kappa shape index (κ3) is 3.88. The van der Waals surface area contributed by atoms with Gasteiger partial charge in [0, 0.05) is 17.1 Å². The fraction of sp³-hybridized carbons (Fsp3) is 0.417. The molecule has 1 saturated heterocycles. The summed E-state index contributed by atoms with van der Waals surface area (Å²) in [5.41, 5.74) is 0.0637. The van der Waals surface area contributed by atoms with Gasteiger partial charge in [0.2, 0.25) is 0 Å². The normalized spacial score (nSPS) is 18.5. The second-order valence-electron chi connectivity index (χ2n) is 4.32. The Balaban J connectivity index is 2.36. The van der Waals surface area contributed by atoms with Crippen LogP contribution >= 0.6 is 26.6 Å². The summed E-state index contributed by atoms with van der Waals surface area (Å²) in [4.78, 5) is 11.8. The lowest BCUT2D eigenvalue weighted by atomic mass is 10.2. The molecule has 6 nitrogen and oxygen atoms in total. The van der Waals surface area contributed by atoms with Crippen LogP contribution in [-0.4, -0.2) is 40.8 Å². The fourth-order valence-electron chi connectivity index (χ4n) is 1.89. The Kier molecular flexibility index (Phi) is 5.13. The fourth-order valence-corrected chi connectivity index (χ4v) is 3.67. The topological polar surface area (TPSA) is 78.9 Å². The molecule has 0 bridgehead atoms. The van der Waals surface area contributed by atoms with Crippen molar-refractivity contribution in [3.05, 3.63) is 22.2 Å². The average Bonchev–Trinajstić information content (AvgIpc) is 2.89. The Morgan fingerprint density at radius 2 is 2.19 bits per heavy atom. The van der Waals surface area contributed by atoms with Gasteiger partial charge in [0.1, 0.15) is 11.0 Å². The van der Waals surface area contributed by atoms with E-state index in [2.05, 4.69) is 15.9 Å². The highest BCUT2D eigenvalue weighted by molar-refractivity contribution is 9.10. The van der Waals surface area contributed by atoms with Crippen LogP contribution in [0.1, 0.15) is 16.8 Å². The van der Waals surface area contributed by atoms with Crippen LogP contribution in [0, 0.1) is 0 Å². The largest absolute Gasteiger partial charge is 0.494 e. The Morgan fingerprint density at radius 3 is 2.71 bits per heavy atom. The summed E-state index contributed by atoms with van der Waals surface area (Å²) in [6.45, 7) is 0.870. The summed E-state index contributed by atoms with van der Waals surface area (Å²) in [6, 6.07) is 2.55. The average molecular weight is 400 g/mol. The van der Waals surface area contributed by atoms with Gasteiger partial charge in [-0.25, -0.2) is 13.2 Å². The number of carbonyl (C=O) groups is 1. The lowest BCUT2D eigenvalue weighted by molar-refractivity contribution is 0.0270. The number of rotatable bonds is 4. The van der Waals surface area contributed by atoms with Crippen molar-refractivity contribution < 1.29 is 27.4 Å². The van der Waals surface area contributed by atoms with Crippen molar-refractivity contribution in [2.45, 2.75) is 17.4 Å². The molecule has 1 unspecified atom stereocenters. The van der Waals surface area contributed by atoms with Crippen molar-refractivity contribution in [3.8, 4) is 5.75 Å². The van der Waals surface area contributed by atoms with Gasteiger partial charge in [0.15, 0.2) is 5.75 Å². The molecular weight excluding hydrogens is 388 g/mol. The molecule has 9 heteroatoms. The second kappa shape index (κ2) is 6.51. The number of hydrogen-bond acceptors (Lipinski definition) is 6. The minimum atomic E-state index is -4.07. The van der Waals surface area contributed by atoms with Crippen LogP contribution < -0.4 is 4.74 Å². The maximum absolute atomic E-state index is 12.1. The predicted molar refractivity (Wildman–Crippen MR) is 78.4 cm³/mol. The standard InChI is InChI=1S/C12H12BrClO6S/c1-18-11-9(13)4-7(5-10(11)21(14,16)17)12(15)20-8-2-3-19-6-8/h4-5,8H,2-3,6H2,1H3. The summed E-state index contributed by atoms with van der Waals surface area (Å²) in [5.74, 6) is -0.610. The highest BCUT2D eigenvalue weighted by atomic mass is 79.9. The Hall–Kier alpha value is -0.830. The van der Waals surface area contributed by atoms with Crippen LogP contribution in [0.5, 0.6) is 5.75 Å². The molecule has 0 spiro atoms. The third-order valence-electron chi connectivity index (χ3n) is 2.87. The zero-order valence-electron chi connectivity index (χ0n) is 11.0. The molecule has 0 saturated carbocycles. The van der Waals surface area contributed by atoms with E-state index in [9.17, 15) is 13.2 Å². The summed E-state index contributed by atoms with van der Waals surface area (Å²) >= 11 is 3.15. The molecule has 0 radical (unpaired) electrons. The van der Waals surface area contributed by atoms with E-state index in [1.54, 1.807) is 0 Å². The Morgan fingerprint density at radius 1 is 1.48 bits per heavy atom. The molecule has 116 valence electrons. The zero-order valence-corrected chi connectivity index (χ0v) is 14.1. The van der Waals surface area contributed by atoms with E-state index in [-0.39, 0.29) is 22.3 Å². The van der Waals surface area contributed by atoms with E-state index in [4.69, 9.17) is 24.9 Å². The van der Waals surface area contributed by atoms with E-state index < -0.39 is 15.0 Å². The highest BCUT2D eigenvalue weighted by Crippen LogP contribution is 2.35. The first-order chi connectivity index (χ1) is 9.82. The van der Waals surface area contributed by atoms with Gasteiger partial charge in [-0.1, -0.05) is 0 Å². The van der Waals surface area contributed by atoms with Gasteiger partial charge >= 0.3 is 5.97 Å². The predicted octanol–water partition coefficient (Wildman–Crippen LogP) is 2.33. The number of esters is 1. The minimum Gasteiger partial charge on any atom is -0.494 e. The van der Waals surface area contributed by atoms with Crippen LogP contribution in [0.4, 0.5) is 0 Å². The first kappa shape index (κ1) is 16.5. The molecule has 1 aromatic rings. The molecule has 2 rings (SSSR count). The van der Waals surface area contributed by atoms with Crippen molar-refractivity contribution in [1.29, 1.82) is 0 Å². The van der Waals surface area contributed by atoms with Crippen molar-refractivity contribution in [1.82, 2.24) is 0 Å². The number of halogens is 2. The van der Waals surface area contributed by atoms with Gasteiger partial charge in [0.25, 0.3) is 9.05 Å². The number of benzene rings is 1. The smallest absolute Gasteiger partial charge is 0.338 e. The van der Waals surface area contributed by atoms with Gasteiger partial charge < -0.3 is 14.2 Å². The molecular formula is C12H12BrClO6S. The van der Waals surface area contributed by atoms with Crippen LogP contribution in [-0.2, 0) is 18.5 Å². The SMILES string of the molecule is COc1c(Br)cc(C(=O)OC2CCOC2)cc1S(=O)(=O)Cl. The summed E-state index contributed by atoms with van der Waals surface area (Å²) in [6.07, 6.45) is 0.290. The minimum absolute atomic E-state index is 0.0331. The molecule has 1 heterocycles. The maximum atomic E-state index is 12.1. The first-order valence-electron chi connectivity index (χ1n) is 5.94. The van der Waals surface area contributed by atoms with Gasteiger partial charge in [0.05, 0.1) is 30.4 Å². The van der Waals surface area contributed by atoms with E-state index in [0.29, 0.717) is 24.1 Å². The summed E-state index contributed by atoms with van der Waals surface area (Å²) < 4.78 is 38.8. The first-order valence-corrected chi connectivity index (χ1v) is 9.04. The number of hydrogen-bond donors (Lipinski definition) is 0. The molecule has 1 atom stereocenters. The van der Waals surface area contributed by atoms with Gasteiger partial charge in [-0.05, 0) is 28.1 Å². The number of ether oxygens (including phenoxy) is 3. The van der Waals surface area contributed by atoms with Gasteiger partial charge in [-0.2, -0.15) is 0 Å². The highest BCUT2D eigenvalue weighted by Gasteiger charge is 2.25. The number of carbonyl (C=O) groups excluding carboxylic acids is 1. The van der Waals surface area contributed by atoms with Gasteiger partial charge in [-0.3, -0.25) is 0 Å². The molecule has 1 aromatic carbocycles. The molecule has 1 aliphatic heterocycles. The molecule has 21 heavy (non-hydrogen) atoms. The molecule has 0 N–H and O–H groups in total. The molecule has 0 amide bonds. The lowest BCUT2D eigenvalue weighted by Gasteiger charge is -2.13. The zero-order chi connectivity index (χ0) is 15.6. The molecule has 1 aliphatic rings. The van der Waals surface area contributed by atoms with Gasteiger partial charge in [-0.15, -0.1) is 0 Å². The Labute approximate surface area is 134 Å². The van der Waals surface area contributed by atoms with Crippen LogP contribution in [0.2, 0.25) is 0 Å². The van der Waals surface area contributed by atoms with E-state index in [0.717, 1.165) is 6.07 Å². The second-order valence-corrected chi connectivity index (χ2v) is 7.71. The van der Waals surface area contributed by atoms with Crippen LogP contribution in [0.15, 0.2) is 21.5 Å².